The molecule has 0 aliphatic carbocycles. The molecule has 2 aliphatic heterocycles. The smallest absolute Gasteiger partial charge is 0.262 e. The van der Waals surface area contributed by atoms with E-state index in [0.717, 1.165) is 21.0 Å². The van der Waals surface area contributed by atoms with Gasteiger partial charge in [-0.25, -0.2) is 0 Å². The van der Waals surface area contributed by atoms with Crippen LogP contribution < -0.4 is 4.90 Å². The van der Waals surface area contributed by atoms with Crippen LogP contribution in [-0.2, 0) is 9.59 Å². The fourth-order valence-electron chi connectivity index (χ4n) is 2.74. The first-order chi connectivity index (χ1) is 11.0. The molecule has 4 rings (SSSR count). The fourth-order valence-corrected chi connectivity index (χ4v) is 3.81. The van der Waals surface area contributed by atoms with E-state index in [9.17, 15) is 9.59 Å². The Morgan fingerprint density at radius 1 is 0.957 bits per heavy atom. The Morgan fingerprint density at radius 2 is 1.61 bits per heavy atom. The van der Waals surface area contributed by atoms with Crippen LogP contribution in [0.1, 0.15) is 19.4 Å². The third-order valence-electron chi connectivity index (χ3n) is 4.15. The van der Waals surface area contributed by atoms with Gasteiger partial charge in [0.25, 0.3) is 5.91 Å². The van der Waals surface area contributed by atoms with Crippen molar-refractivity contribution in [3.8, 4) is 0 Å². The number of benzene rings is 2. The normalized spacial score (nSPS) is 18.5. The van der Waals surface area contributed by atoms with E-state index >= 15 is 0 Å². The number of rotatable bonds is 0. The molecule has 0 bridgehead atoms. The summed E-state index contributed by atoms with van der Waals surface area (Å²) in [6.07, 6.45) is 0. The number of aliphatic imine (C=N–C) groups is 1. The van der Waals surface area contributed by atoms with Crippen molar-refractivity contribution < 1.29 is 9.59 Å². The van der Waals surface area contributed by atoms with Crippen LogP contribution in [0.3, 0.4) is 0 Å². The maximum atomic E-state index is 13.0. The Balaban J connectivity index is 2.07. The third-order valence-corrected chi connectivity index (χ3v) is 5.29. The maximum Gasteiger partial charge on any atom is 0.262 e. The second-order valence-corrected chi connectivity index (χ2v) is 7.16. The van der Waals surface area contributed by atoms with Gasteiger partial charge in [0.2, 0.25) is 5.91 Å². The van der Waals surface area contributed by atoms with E-state index in [1.54, 1.807) is 30.5 Å². The molecular formula is C18H14N2O2S. The quantitative estimate of drug-likeness (QED) is 0.698. The average molecular weight is 322 g/mol. The fraction of sp³-hybridized carbons (Fsp3) is 0.167. The van der Waals surface area contributed by atoms with Crippen LogP contribution in [0.2, 0.25) is 0 Å². The standard InChI is InChI=1S/C18H14N2O2S/c1-18(2)16(21)19-15-11-7-3-5-9-13(11)23-14-10-6-4-8-12(14)20(15)17(18)22/h3-10H,1-2H3. The topological polar surface area (TPSA) is 49.7 Å². The molecule has 0 N–H and O–H groups in total. The highest BCUT2D eigenvalue weighted by atomic mass is 32.2. The molecule has 2 aromatic carbocycles. The molecule has 114 valence electrons. The second-order valence-electron chi connectivity index (χ2n) is 6.07. The molecule has 0 atom stereocenters. The molecule has 0 spiro atoms. The lowest BCUT2D eigenvalue weighted by atomic mass is 9.88. The van der Waals surface area contributed by atoms with Gasteiger partial charge in [0.05, 0.1) is 5.69 Å². The van der Waals surface area contributed by atoms with Gasteiger partial charge in [0, 0.05) is 15.4 Å². The summed E-state index contributed by atoms with van der Waals surface area (Å²) in [5.74, 6) is -0.211. The van der Waals surface area contributed by atoms with Crippen molar-refractivity contribution in [2.45, 2.75) is 23.6 Å². The van der Waals surface area contributed by atoms with Crippen LogP contribution in [0.4, 0.5) is 5.69 Å². The van der Waals surface area contributed by atoms with Gasteiger partial charge in [-0.05, 0) is 32.0 Å². The Bertz CT molecular complexity index is 886. The first-order valence-corrected chi connectivity index (χ1v) is 8.16. The highest BCUT2D eigenvalue weighted by Crippen LogP contribution is 2.44. The third kappa shape index (κ3) is 1.96. The summed E-state index contributed by atoms with van der Waals surface area (Å²) in [7, 11) is 0. The lowest BCUT2D eigenvalue weighted by Gasteiger charge is -2.34. The minimum atomic E-state index is -1.15. The molecule has 2 aliphatic rings. The van der Waals surface area contributed by atoms with Crippen molar-refractivity contribution in [3.05, 3.63) is 54.1 Å². The molecule has 0 unspecified atom stereocenters. The van der Waals surface area contributed by atoms with Crippen LogP contribution in [0.5, 0.6) is 0 Å². The summed E-state index contributed by atoms with van der Waals surface area (Å²) in [4.78, 5) is 33.2. The van der Waals surface area contributed by atoms with Crippen LogP contribution in [0, 0.1) is 5.41 Å². The Labute approximate surface area is 138 Å². The van der Waals surface area contributed by atoms with Crippen molar-refractivity contribution >= 4 is 35.1 Å². The Kier molecular flexibility index (Phi) is 2.96. The minimum Gasteiger partial charge on any atom is -0.273 e. The zero-order valence-corrected chi connectivity index (χ0v) is 13.6. The molecular weight excluding hydrogens is 308 g/mol. The van der Waals surface area contributed by atoms with E-state index in [4.69, 9.17) is 0 Å². The van der Waals surface area contributed by atoms with Gasteiger partial charge in [-0.3, -0.25) is 14.5 Å². The summed E-state index contributed by atoms with van der Waals surface area (Å²) in [6, 6.07) is 15.4. The maximum absolute atomic E-state index is 13.0. The number of fused-ring (bicyclic) bond motifs is 5. The number of carbonyl (C=O) groups excluding carboxylic acids is 2. The largest absolute Gasteiger partial charge is 0.273 e. The predicted octanol–water partition coefficient (Wildman–Crippen LogP) is 3.50. The van der Waals surface area contributed by atoms with E-state index in [0.29, 0.717) is 5.84 Å². The molecule has 23 heavy (non-hydrogen) atoms. The van der Waals surface area contributed by atoms with E-state index in [1.165, 1.54) is 0 Å². The molecule has 0 fully saturated rings. The Hall–Kier alpha value is -2.40. The molecule has 4 nitrogen and oxygen atoms in total. The lowest BCUT2D eigenvalue weighted by Crippen LogP contribution is -2.52. The van der Waals surface area contributed by atoms with Gasteiger partial charge in [0.1, 0.15) is 5.41 Å². The molecule has 2 aromatic rings. The number of hydrogen-bond donors (Lipinski definition) is 0. The van der Waals surface area contributed by atoms with Crippen molar-refractivity contribution in [1.82, 2.24) is 0 Å². The number of nitrogens with zero attached hydrogens (tertiary/aromatic N) is 2. The summed E-state index contributed by atoms with van der Waals surface area (Å²) >= 11 is 1.59. The van der Waals surface area contributed by atoms with E-state index in [2.05, 4.69) is 4.99 Å². The van der Waals surface area contributed by atoms with Crippen LogP contribution in [-0.4, -0.2) is 17.6 Å². The molecule has 2 heterocycles. The number of amidine groups is 1. The van der Waals surface area contributed by atoms with E-state index < -0.39 is 11.3 Å². The summed E-state index contributed by atoms with van der Waals surface area (Å²) in [5, 5.41) is 0. The highest BCUT2D eigenvalue weighted by molar-refractivity contribution is 7.99. The number of anilines is 1. The van der Waals surface area contributed by atoms with Crippen molar-refractivity contribution in [3.63, 3.8) is 0 Å². The lowest BCUT2D eigenvalue weighted by molar-refractivity contribution is -0.137. The number of amides is 2. The zero-order chi connectivity index (χ0) is 16.2. The average Bonchev–Trinajstić information content (AvgIpc) is 2.67. The van der Waals surface area contributed by atoms with Gasteiger partial charge >= 0.3 is 0 Å². The van der Waals surface area contributed by atoms with Crippen molar-refractivity contribution in [1.29, 1.82) is 0 Å². The Morgan fingerprint density at radius 3 is 2.39 bits per heavy atom. The number of para-hydroxylation sites is 1. The molecule has 0 aromatic heterocycles. The molecule has 2 amide bonds. The number of hydrogen-bond acceptors (Lipinski definition) is 3. The summed E-state index contributed by atoms with van der Waals surface area (Å²) in [5.41, 5.74) is 0.435. The predicted molar refractivity (Wildman–Crippen MR) is 89.8 cm³/mol. The first-order valence-electron chi connectivity index (χ1n) is 7.34. The summed E-state index contributed by atoms with van der Waals surface area (Å²) < 4.78 is 0. The molecule has 0 saturated heterocycles. The van der Waals surface area contributed by atoms with E-state index in [1.807, 2.05) is 48.5 Å². The van der Waals surface area contributed by atoms with Gasteiger partial charge in [0.15, 0.2) is 5.84 Å². The van der Waals surface area contributed by atoms with Crippen molar-refractivity contribution in [2.75, 3.05) is 4.90 Å². The van der Waals surface area contributed by atoms with Gasteiger partial charge in [-0.15, -0.1) is 0 Å². The molecule has 5 heteroatoms. The van der Waals surface area contributed by atoms with Gasteiger partial charge < -0.3 is 0 Å². The first kappa shape index (κ1) is 14.2. The summed E-state index contributed by atoms with van der Waals surface area (Å²) in [6.45, 7) is 3.26. The monoisotopic (exact) mass is 322 g/mol. The van der Waals surface area contributed by atoms with E-state index in [-0.39, 0.29) is 5.91 Å². The van der Waals surface area contributed by atoms with Crippen LogP contribution in [0.25, 0.3) is 0 Å². The number of carbonyl (C=O) groups is 2. The minimum absolute atomic E-state index is 0.239. The molecule has 0 saturated carbocycles. The molecule has 0 radical (unpaired) electrons. The van der Waals surface area contributed by atoms with Gasteiger partial charge in [-0.1, -0.05) is 42.1 Å². The van der Waals surface area contributed by atoms with Crippen molar-refractivity contribution in [2.24, 2.45) is 10.4 Å². The highest BCUT2D eigenvalue weighted by Gasteiger charge is 2.47. The SMILES string of the molecule is CC1(C)C(=O)N=C2c3ccccc3Sc3ccccc3N2C1=O. The van der Waals surface area contributed by atoms with Gasteiger partial charge in [-0.2, -0.15) is 4.99 Å². The zero-order valence-electron chi connectivity index (χ0n) is 12.7. The van der Waals surface area contributed by atoms with Crippen LogP contribution in [0.15, 0.2) is 63.3 Å². The van der Waals surface area contributed by atoms with Crippen LogP contribution >= 0.6 is 11.8 Å². The second kappa shape index (κ2) is 4.80.